The summed E-state index contributed by atoms with van der Waals surface area (Å²) in [5.41, 5.74) is 10.2. The van der Waals surface area contributed by atoms with Gasteiger partial charge in [-0.25, -0.2) is 0 Å². The van der Waals surface area contributed by atoms with E-state index in [4.69, 9.17) is 5.73 Å². The summed E-state index contributed by atoms with van der Waals surface area (Å²) in [5, 5.41) is 0. The van der Waals surface area contributed by atoms with E-state index in [0.29, 0.717) is 0 Å². The summed E-state index contributed by atoms with van der Waals surface area (Å²) in [6.07, 6.45) is 0. The molecule has 2 nitrogen and oxygen atoms in total. The zero-order chi connectivity index (χ0) is 11.5. The smallest absolute Gasteiger partial charge is 0.0641 e. The van der Waals surface area contributed by atoms with E-state index in [2.05, 4.69) is 36.1 Å². The normalized spacial score (nSPS) is 10.1. The second-order valence-corrected chi connectivity index (χ2v) is 3.96. The van der Waals surface area contributed by atoms with Crippen LogP contribution in [0.2, 0.25) is 0 Å². The highest BCUT2D eigenvalue weighted by Crippen LogP contribution is 2.28. The first-order chi connectivity index (χ1) is 7.68. The minimum absolute atomic E-state index is 0.798. The van der Waals surface area contributed by atoms with Crippen LogP contribution in [0.3, 0.4) is 0 Å². The Labute approximate surface area is 96.3 Å². The lowest BCUT2D eigenvalue weighted by Crippen LogP contribution is -2.11. The van der Waals surface area contributed by atoms with Crippen molar-refractivity contribution < 1.29 is 0 Å². The van der Waals surface area contributed by atoms with Crippen LogP contribution in [0, 0.1) is 6.92 Å². The van der Waals surface area contributed by atoms with Gasteiger partial charge in [0.15, 0.2) is 0 Å². The first-order valence-corrected chi connectivity index (χ1v) is 5.33. The van der Waals surface area contributed by atoms with Crippen LogP contribution in [0.5, 0.6) is 0 Å². The summed E-state index contributed by atoms with van der Waals surface area (Å²) in [6.45, 7) is 2.09. The van der Waals surface area contributed by atoms with Crippen LogP contribution in [0.1, 0.15) is 5.56 Å². The van der Waals surface area contributed by atoms with Gasteiger partial charge >= 0.3 is 0 Å². The van der Waals surface area contributed by atoms with Crippen molar-refractivity contribution in [2.75, 3.05) is 17.7 Å². The third kappa shape index (κ3) is 2.01. The standard InChI is InChI=1S/C14H16N2/c1-11-6-5-7-12(10-11)16(2)14-9-4-3-8-13(14)15/h3-10H,15H2,1-2H3. The Morgan fingerprint density at radius 2 is 1.75 bits per heavy atom. The topological polar surface area (TPSA) is 29.3 Å². The molecule has 2 rings (SSSR count). The van der Waals surface area contributed by atoms with Crippen LogP contribution in [-0.2, 0) is 0 Å². The van der Waals surface area contributed by atoms with E-state index < -0.39 is 0 Å². The number of nitrogens with zero attached hydrogens (tertiary/aromatic N) is 1. The molecule has 2 aromatic carbocycles. The fraction of sp³-hybridized carbons (Fsp3) is 0.143. The van der Waals surface area contributed by atoms with Crippen molar-refractivity contribution in [1.82, 2.24) is 0 Å². The number of nitrogens with two attached hydrogens (primary N) is 1. The van der Waals surface area contributed by atoms with E-state index in [1.54, 1.807) is 0 Å². The van der Waals surface area contributed by atoms with Crippen molar-refractivity contribution in [2.45, 2.75) is 6.92 Å². The van der Waals surface area contributed by atoms with Crippen molar-refractivity contribution in [3.8, 4) is 0 Å². The van der Waals surface area contributed by atoms with Gasteiger partial charge in [-0.15, -0.1) is 0 Å². The lowest BCUT2D eigenvalue weighted by atomic mass is 10.2. The van der Waals surface area contributed by atoms with E-state index >= 15 is 0 Å². The zero-order valence-corrected chi connectivity index (χ0v) is 9.64. The van der Waals surface area contributed by atoms with Gasteiger partial charge in [-0.3, -0.25) is 0 Å². The molecule has 0 heterocycles. The monoisotopic (exact) mass is 212 g/mol. The lowest BCUT2D eigenvalue weighted by molar-refractivity contribution is 1.20. The number of benzene rings is 2. The minimum atomic E-state index is 0.798. The maximum atomic E-state index is 5.96. The Hall–Kier alpha value is -1.96. The highest BCUT2D eigenvalue weighted by atomic mass is 15.1. The summed E-state index contributed by atoms with van der Waals surface area (Å²) in [5.74, 6) is 0. The van der Waals surface area contributed by atoms with Crippen molar-refractivity contribution >= 4 is 17.1 Å². The van der Waals surface area contributed by atoms with Gasteiger partial charge in [0.2, 0.25) is 0 Å². The molecule has 0 aromatic heterocycles. The van der Waals surface area contributed by atoms with Crippen LogP contribution >= 0.6 is 0 Å². The Kier molecular flexibility index (Phi) is 2.82. The molecule has 0 unspecified atom stereocenters. The highest BCUT2D eigenvalue weighted by molar-refractivity contribution is 5.74. The summed E-state index contributed by atoms with van der Waals surface area (Å²) in [4.78, 5) is 2.10. The molecule has 0 bridgehead atoms. The number of hydrogen-bond acceptors (Lipinski definition) is 2. The van der Waals surface area contributed by atoms with E-state index in [1.807, 2.05) is 31.3 Å². The molecule has 0 atom stereocenters. The van der Waals surface area contributed by atoms with E-state index in [1.165, 1.54) is 5.56 Å². The Bertz CT molecular complexity index is 492. The molecule has 16 heavy (non-hydrogen) atoms. The molecule has 0 saturated carbocycles. The molecule has 2 aromatic rings. The molecule has 2 N–H and O–H groups in total. The Balaban J connectivity index is 2.39. The van der Waals surface area contributed by atoms with Gasteiger partial charge in [0.05, 0.1) is 11.4 Å². The molecule has 0 spiro atoms. The fourth-order valence-corrected chi connectivity index (χ4v) is 1.77. The predicted molar refractivity (Wildman–Crippen MR) is 70.1 cm³/mol. The fourth-order valence-electron chi connectivity index (χ4n) is 1.77. The largest absolute Gasteiger partial charge is 0.397 e. The number of nitrogen functional groups attached to an aromatic ring is 1. The van der Waals surface area contributed by atoms with Crippen molar-refractivity contribution in [3.63, 3.8) is 0 Å². The molecule has 2 heteroatoms. The van der Waals surface area contributed by atoms with Gasteiger partial charge in [0.25, 0.3) is 0 Å². The van der Waals surface area contributed by atoms with Crippen molar-refractivity contribution in [1.29, 1.82) is 0 Å². The van der Waals surface area contributed by atoms with Crippen LogP contribution in [-0.4, -0.2) is 7.05 Å². The maximum Gasteiger partial charge on any atom is 0.0641 e. The number of rotatable bonds is 2. The average molecular weight is 212 g/mol. The second-order valence-electron chi connectivity index (χ2n) is 3.96. The number of anilines is 3. The molecule has 0 aliphatic rings. The van der Waals surface area contributed by atoms with Gasteiger partial charge in [-0.05, 0) is 36.8 Å². The third-order valence-corrected chi connectivity index (χ3v) is 2.69. The van der Waals surface area contributed by atoms with Crippen LogP contribution < -0.4 is 10.6 Å². The quantitative estimate of drug-likeness (QED) is 0.773. The number of hydrogen-bond donors (Lipinski definition) is 1. The molecular weight excluding hydrogens is 196 g/mol. The van der Waals surface area contributed by atoms with Gasteiger partial charge in [-0.1, -0.05) is 24.3 Å². The highest BCUT2D eigenvalue weighted by Gasteiger charge is 2.06. The first kappa shape index (κ1) is 10.6. The van der Waals surface area contributed by atoms with Gasteiger partial charge < -0.3 is 10.6 Å². The van der Waals surface area contributed by atoms with E-state index in [-0.39, 0.29) is 0 Å². The molecular formula is C14H16N2. The third-order valence-electron chi connectivity index (χ3n) is 2.69. The SMILES string of the molecule is Cc1cccc(N(C)c2ccccc2N)c1. The predicted octanol–water partition coefficient (Wildman–Crippen LogP) is 3.35. The zero-order valence-electron chi connectivity index (χ0n) is 9.64. The summed E-state index contributed by atoms with van der Waals surface area (Å²) < 4.78 is 0. The summed E-state index contributed by atoms with van der Waals surface area (Å²) in [7, 11) is 2.03. The van der Waals surface area contributed by atoms with Gasteiger partial charge in [-0.2, -0.15) is 0 Å². The molecule has 82 valence electrons. The molecule has 0 saturated heterocycles. The number of para-hydroxylation sites is 2. The Morgan fingerprint density at radius 1 is 1.00 bits per heavy atom. The van der Waals surface area contributed by atoms with Gasteiger partial charge in [0, 0.05) is 12.7 Å². The van der Waals surface area contributed by atoms with E-state index in [0.717, 1.165) is 17.1 Å². The molecule has 0 radical (unpaired) electrons. The number of aryl methyl sites for hydroxylation is 1. The second kappa shape index (κ2) is 4.27. The molecule has 0 fully saturated rings. The van der Waals surface area contributed by atoms with Crippen LogP contribution in [0.15, 0.2) is 48.5 Å². The Morgan fingerprint density at radius 3 is 2.44 bits per heavy atom. The maximum absolute atomic E-state index is 5.96. The van der Waals surface area contributed by atoms with Gasteiger partial charge in [0.1, 0.15) is 0 Å². The minimum Gasteiger partial charge on any atom is -0.397 e. The molecule has 0 aliphatic heterocycles. The molecule has 0 aliphatic carbocycles. The molecule has 0 amide bonds. The lowest BCUT2D eigenvalue weighted by Gasteiger charge is -2.21. The average Bonchev–Trinajstić information content (AvgIpc) is 2.29. The van der Waals surface area contributed by atoms with Crippen molar-refractivity contribution in [2.24, 2.45) is 0 Å². The van der Waals surface area contributed by atoms with E-state index in [9.17, 15) is 0 Å². The first-order valence-electron chi connectivity index (χ1n) is 5.33. The van der Waals surface area contributed by atoms with Crippen LogP contribution in [0.25, 0.3) is 0 Å². The summed E-state index contributed by atoms with van der Waals surface area (Å²) >= 11 is 0. The van der Waals surface area contributed by atoms with Crippen LogP contribution in [0.4, 0.5) is 17.1 Å². The van der Waals surface area contributed by atoms with Crippen molar-refractivity contribution in [3.05, 3.63) is 54.1 Å². The summed E-state index contributed by atoms with van der Waals surface area (Å²) in [6, 6.07) is 16.3.